The van der Waals surface area contributed by atoms with Crippen molar-refractivity contribution in [1.29, 1.82) is 0 Å². The molecule has 5 aliphatic rings. The topological polar surface area (TPSA) is 9.72 Å². The van der Waals surface area contributed by atoms with E-state index in [1.165, 1.54) is 126 Å². The molecule has 0 N–H and O–H groups in total. The van der Waals surface area contributed by atoms with Gasteiger partial charge in [-0.25, -0.2) is 0 Å². The summed E-state index contributed by atoms with van der Waals surface area (Å²) in [7, 11) is 0. The normalized spacial score (nSPS) is 21.2. The Morgan fingerprint density at radius 3 is 1.42 bits per heavy atom. The minimum Gasteiger partial charge on any atom is -0.334 e. The van der Waals surface area contributed by atoms with Crippen molar-refractivity contribution >= 4 is 68.6 Å². The van der Waals surface area contributed by atoms with Crippen LogP contribution in [-0.2, 0) is 37.9 Å². The quantitative estimate of drug-likeness (QED) is 0.163. The predicted molar refractivity (Wildman–Crippen MR) is 333 cm³/mol. The minimum atomic E-state index is -0.278. The predicted octanol–water partition coefficient (Wildman–Crippen LogP) is 18.1. The molecule has 3 heterocycles. The van der Waals surface area contributed by atoms with Crippen LogP contribution in [0.2, 0.25) is 0 Å². The van der Waals surface area contributed by atoms with Gasteiger partial charge < -0.3 is 14.7 Å². The highest BCUT2D eigenvalue weighted by Gasteiger charge is 2.62. The average Bonchev–Trinajstić information content (AvgIpc) is 3.91. The molecule has 2 aliphatic carbocycles. The van der Waals surface area contributed by atoms with Crippen LogP contribution in [-0.4, -0.2) is 12.3 Å². The molecule has 12 rings (SSSR count). The molecule has 2 unspecified atom stereocenters. The molecule has 4 heteroatoms. The highest BCUT2D eigenvalue weighted by Crippen LogP contribution is 2.65. The van der Waals surface area contributed by atoms with E-state index in [2.05, 4.69) is 272 Å². The fraction of sp³-hybridized carbons (Fsp3) is 0.425. The molecule has 7 aromatic carbocycles. The molecule has 0 amide bonds. The van der Waals surface area contributed by atoms with Gasteiger partial charge in [-0.15, -0.1) is 0 Å². The van der Waals surface area contributed by atoms with E-state index < -0.39 is 0 Å². The molecule has 1 fully saturated rings. The Balaban J connectivity index is 1.21. The SMILES string of the molecule is CC(C)(C)c1ccc(N2c3ccc(C(C)(C)C)cc3B3c4cc5c(cc4N(c4ccccc4)c4cc(N6c7ccc(C(C)(C)C)cc7C7(c8ccc(C(C)(C)C)cc8)CCCCC67C)cc2c43)C(C)(C)CCC5(C)C)cc1. The lowest BCUT2D eigenvalue weighted by Gasteiger charge is -2.53. The third-order valence-corrected chi connectivity index (χ3v) is 19.8. The second-order valence-corrected chi connectivity index (χ2v) is 29.9. The number of fused-ring (bicyclic) bond motifs is 8. The molecule has 0 aromatic heterocycles. The fourth-order valence-electron chi connectivity index (χ4n) is 15.0. The van der Waals surface area contributed by atoms with Crippen LogP contribution in [0.25, 0.3) is 0 Å². The highest BCUT2D eigenvalue weighted by molar-refractivity contribution is 7.00. The molecule has 0 bridgehead atoms. The maximum absolute atomic E-state index is 2.87. The van der Waals surface area contributed by atoms with Crippen molar-refractivity contribution in [2.75, 3.05) is 14.7 Å². The second kappa shape index (κ2) is 17.0. The van der Waals surface area contributed by atoms with Crippen molar-refractivity contribution < 1.29 is 0 Å². The number of benzene rings is 7. The van der Waals surface area contributed by atoms with Crippen LogP contribution in [0.4, 0.5) is 45.5 Å². The summed E-state index contributed by atoms with van der Waals surface area (Å²) in [5.74, 6) is 0. The van der Waals surface area contributed by atoms with Gasteiger partial charge in [-0.05, 0) is 181 Å². The van der Waals surface area contributed by atoms with Crippen molar-refractivity contribution in [3.8, 4) is 0 Å². The third-order valence-electron chi connectivity index (χ3n) is 19.8. The smallest absolute Gasteiger partial charge is 0.252 e. The number of rotatable bonds is 4. The molecule has 3 aliphatic heterocycles. The molecule has 2 atom stereocenters. The van der Waals surface area contributed by atoms with Gasteiger partial charge in [0.1, 0.15) is 0 Å². The monoisotopic (exact) mass is 1020 g/mol. The van der Waals surface area contributed by atoms with Crippen molar-refractivity contribution in [2.24, 2.45) is 0 Å². The van der Waals surface area contributed by atoms with Gasteiger partial charge in [0.15, 0.2) is 0 Å². The fourth-order valence-corrected chi connectivity index (χ4v) is 15.0. The van der Waals surface area contributed by atoms with Crippen LogP contribution in [0.5, 0.6) is 0 Å². The van der Waals surface area contributed by atoms with Gasteiger partial charge in [-0.2, -0.15) is 0 Å². The average molecular weight is 1020 g/mol. The third kappa shape index (κ3) is 7.86. The summed E-state index contributed by atoms with van der Waals surface area (Å²) in [6.07, 6.45) is 6.90. The first kappa shape index (κ1) is 51.7. The van der Waals surface area contributed by atoms with Gasteiger partial charge in [-0.3, -0.25) is 0 Å². The van der Waals surface area contributed by atoms with Crippen LogP contribution in [0.1, 0.15) is 201 Å². The Bertz CT molecular complexity index is 3480. The Kier molecular flexibility index (Phi) is 11.4. The molecule has 0 radical (unpaired) electrons. The van der Waals surface area contributed by atoms with Crippen LogP contribution in [0.3, 0.4) is 0 Å². The molecule has 396 valence electrons. The van der Waals surface area contributed by atoms with E-state index >= 15 is 0 Å². The molecule has 0 saturated heterocycles. The lowest BCUT2D eigenvalue weighted by molar-refractivity contribution is 0.215. The number of para-hydroxylation sites is 1. The Morgan fingerprint density at radius 2 is 0.844 bits per heavy atom. The first-order valence-electron chi connectivity index (χ1n) is 29.4. The Hall–Kier alpha value is -6.00. The van der Waals surface area contributed by atoms with E-state index in [4.69, 9.17) is 0 Å². The first-order chi connectivity index (χ1) is 36.0. The van der Waals surface area contributed by atoms with E-state index in [1.807, 2.05) is 0 Å². The van der Waals surface area contributed by atoms with Gasteiger partial charge >= 0.3 is 0 Å². The van der Waals surface area contributed by atoms with Gasteiger partial charge in [0.05, 0.1) is 5.54 Å². The zero-order valence-electron chi connectivity index (χ0n) is 49.9. The summed E-state index contributed by atoms with van der Waals surface area (Å²) < 4.78 is 0. The van der Waals surface area contributed by atoms with Gasteiger partial charge in [0, 0.05) is 50.9 Å². The zero-order chi connectivity index (χ0) is 54.8. The summed E-state index contributed by atoms with van der Waals surface area (Å²) in [5.41, 5.74) is 25.3. The van der Waals surface area contributed by atoms with Crippen molar-refractivity contribution in [1.82, 2.24) is 0 Å². The van der Waals surface area contributed by atoms with Crippen LogP contribution in [0.15, 0.2) is 140 Å². The van der Waals surface area contributed by atoms with E-state index in [1.54, 1.807) is 0 Å². The number of anilines is 8. The summed E-state index contributed by atoms with van der Waals surface area (Å²) in [5, 5.41) is 0. The lowest BCUT2D eigenvalue weighted by Crippen LogP contribution is -2.62. The maximum atomic E-state index is 2.87. The maximum Gasteiger partial charge on any atom is 0.252 e. The minimum absolute atomic E-state index is 0.00319. The van der Waals surface area contributed by atoms with Crippen LogP contribution >= 0.6 is 0 Å². The molecular formula is C73H86BN3. The Labute approximate surface area is 464 Å². The van der Waals surface area contributed by atoms with Crippen LogP contribution in [0, 0.1) is 0 Å². The lowest BCUT2D eigenvalue weighted by atomic mass is 9.33. The molecular weight excluding hydrogens is 930 g/mol. The molecule has 7 aromatic rings. The van der Waals surface area contributed by atoms with E-state index in [0.29, 0.717) is 0 Å². The number of nitrogens with zero attached hydrogens (tertiary/aromatic N) is 3. The van der Waals surface area contributed by atoms with Gasteiger partial charge in [0.25, 0.3) is 6.71 Å². The number of hydrogen-bond donors (Lipinski definition) is 0. The summed E-state index contributed by atoms with van der Waals surface area (Å²) in [6.45, 7) is 40.9. The first-order valence-corrected chi connectivity index (χ1v) is 29.4. The van der Waals surface area contributed by atoms with Crippen LogP contribution < -0.4 is 31.1 Å². The van der Waals surface area contributed by atoms with Crippen molar-refractivity contribution in [2.45, 2.75) is 200 Å². The van der Waals surface area contributed by atoms with Gasteiger partial charge in [0.2, 0.25) is 0 Å². The molecule has 77 heavy (non-hydrogen) atoms. The number of hydrogen-bond acceptors (Lipinski definition) is 3. The summed E-state index contributed by atoms with van der Waals surface area (Å²) in [4.78, 5) is 8.22. The standard InChI is InChI=1S/C73H86BN3/c1-66(2,3)47-25-27-49(28-26-47)73-38-22-21-37-72(73,17)77(60-35-31-50(41-57(60)73)68(7,8)9)54-43-63-65-64(44-54)76(52-23-19-18-20-24-52)62-46-56-55(70(13,14)39-40-71(56,15)16)45-59(62)74(65)58-42-51(69(10,11)12)32-36-61(58)75(63)53-33-29-48(30-34-53)67(4,5)6/h18-20,23-36,41-46H,21-22,37-40H2,1-17H3. The van der Waals surface area contributed by atoms with E-state index in [0.717, 1.165) is 19.3 Å². The zero-order valence-corrected chi connectivity index (χ0v) is 49.9. The van der Waals surface area contributed by atoms with E-state index in [-0.39, 0.29) is 50.2 Å². The van der Waals surface area contributed by atoms with Crippen molar-refractivity contribution in [3.05, 3.63) is 184 Å². The molecule has 3 nitrogen and oxygen atoms in total. The Morgan fingerprint density at radius 1 is 0.377 bits per heavy atom. The molecule has 0 spiro atoms. The van der Waals surface area contributed by atoms with Crippen molar-refractivity contribution in [3.63, 3.8) is 0 Å². The highest BCUT2D eigenvalue weighted by atomic mass is 15.3. The summed E-state index contributed by atoms with van der Waals surface area (Å²) in [6, 6.07) is 56.6. The van der Waals surface area contributed by atoms with E-state index in [9.17, 15) is 0 Å². The molecule has 1 saturated carbocycles. The second-order valence-electron chi connectivity index (χ2n) is 29.9. The summed E-state index contributed by atoms with van der Waals surface area (Å²) >= 11 is 0. The largest absolute Gasteiger partial charge is 0.334 e. The van der Waals surface area contributed by atoms with Gasteiger partial charge in [-0.1, -0.05) is 209 Å².